The summed E-state index contributed by atoms with van der Waals surface area (Å²) in [6, 6.07) is -0.760. The minimum Gasteiger partial charge on any atom is -0.434 e. The molecule has 0 saturated heterocycles. The van der Waals surface area contributed by atoms with Gasteiger partial charge in [0, 0.05) is 0 Å². The lowest BCUT2D eigenvalue weighted by Crippen LogP contribution is -2.35. The molecule has 0 spiro atoms. The maximum atomic E-state index is 11.2. The third-order valence-electron chi connectivity index (χ3n) is 2.10. The van der Waals surface area contributed by atoms with Crippen molar-refractivity contribution in [1.82, 2.24) is 0 Å². The Bertz CT molecular complexity index is 217. The van der Waals surface area contributed by atoms with E-state index in [9.17, 15) is 9.59 Å². The molecule has 15 heavy (non-hydrogen) atoms. The van der Waals surface area contributed by atoms with Crippen LogP contribution in [0.5, 0.6) is 0 Å². The van der Waals surface area contributed by atoms with Gasteiger partial charge in [-0.15, -0.1) is 0 Å². The van der Waals surface area contributed by atoms with Crippen LogP contribution in [-0.4, -0.2) is 24.8 Å². The molecule has 0 aliphatic heterocycles. The van der Waals surface area contributed by atoms with Crippen LogP contribution in [0, 0.1) is 5.92 Å². The molecule has 88 valence electrons. The highest BCUT2D eigenvalue weighted by Gasteiger charge is 2.20. The van der Waals surface area contributed by atoms with Crippen molar-refractivity contribution in [3.05, 3.63) is 0 Å². The topological polar surface area (TPSA) is 78.6 Å². The van der Waals surface area contributed by atoms with Crippen molar-refractivity contribution in [3.63, 3.8) is 0 Å². The SMILES string of the molecule is CCOC(=O)OC(=O)C(N)CC(C)CC. The molecule has 0 bridgehead atoms. The predicted molar refractivity (Wildman–Crippen MR) is 55.2 cm³/mol. The Morgan fingerprint density at radius 3 is 2.40 bits per heavy atom. The predicted octanol–water partition coefficient (Wildman–Crippen LogP) is 1.45. The molecule has 0 radical (unpaired) electrons. The van der Waals surface area contributed by atoms with Crippen molar-refractivity contribution < 1.29 is 19.1 Å². The molecule has 2 N–H and O–H groups in total. The summed E-state index contributed by atoms with van der Waals surface area (Å²) >= 11 is 0. The Morgan fingerprint density at radius 2 is 1.93 bits per heavy atom. The molecule has 2 unspecified atom stereocenters. The van der Waals surface area contributed by atoms with Crippen molar-refractivity contribution in [1.29, 1.82) is 0 Å². The van der Waals surface area contributed by atoms with Crippen molar-refractivity contribution in [2.24, 2.45) is 11.7 Å². The van der Waals surface area contributed by atoms with E-state index in [2.05, 4.69) is 9.47 Å². The summed E-state index contributed by atoms with van der Waals surface area (Å²) in [6.45, 7) is 5.79. The maximum absolute atomic E-state index is 11.2. The molecule has 0 aromatic rings. The molecular formula is C10H19NO4. The van der Waals surface area contributed by atoms with Gasteiger partial charge >= 0.3 is 12.1 Å². The summed E-state index contributed by atoms with van der Waals surface area (Å²) in [7, 11) is 0. The van der Waals surface area contributed by atoms with E-state index in [1.807, 2.05) is 13.8 Å². The summed E-state index contributed by atoms with van der Waals surface area (Å²) in [4.78, 5) is 22.0. The van der Waals surface area contributed by atoms with Crippen LogP contribution in [0.2, 0.25) is 0 Å². The average molecular weight is 217 g/mol. The number of hydrogen-bond donors (Lipinski definition) is 1. The van der Waals surface area contributed by atoms with E-state index in [1.165, 1.54) is 0 Å². The largest absolute Gasteiger partial charge is 0.516 e. The first-order chi connectivity index (χ1) is 7.01. The number of nitrogens with two attached hydrogens (primary N) is 1. The van der Waals surface area contributed by atoms with Gasteiger partial charge in [0.2, 0.25) is 0 Å². The molecule has 0 aliphatic rings. The second-order valence-corrected chi connectivity index (χ2v) is 3.46. The monoisotopic (exact) mass is 217 g/mol. The van der Waals surface area contributed by atoms with Gasteiger partial charge in [-0.2, -0.15) is 0 Å². The second kappa shape index (κ2) is 7.23. The highest BCUT2D eigenvalue weighted by molar-refractivity contribution is 5.85. The van der Waals surface area contributed by atoms with Crippen LogP contribution in [-0.2, 0) is 14.3 Å². The summed E-state index contributed by atoms with van der Waals surface area (Å²) < 4.78 is 8.83. The van der Waals surface area contributed by atoms with Crippen molar-refractivity contribution in [3.8, 4) is 0 Å². The Morgan fingerprint density at radius 1 is 1.33 bits per heavy atom. The summed E-state index contributed by atoms with van der Waals surface area (Å²) in [5.41, 5.74) is 5.56. The van der Waals surface area contributed by atoms with Crippen LogP contribution in [0.1, 0.15) is 33.6 Å². The van der Waals surface area contributed by atoms with Crippen molar-refractivity contribution in [2.75, 3.05) is 6.61 Å². The Kier molecular flexibility index (Phi) is 6.70. The fraction of sp³-hybridized carbons (Fsp3) is 0.800. The lowest BCUT2D eigenvalue weighted by atomic mass is 10.0. The van der Waals surface area contributed by atoms with E-state index in [0.29, 0.717) is 12.3 Å². The molecule has 0 aromatic carbocycles. The minimum atomic E-state index is -0.984. The molecule has 0 heterocycles. The number of carbonyl (C=O) groups is 2. The van der Waals surface area contributed by atoms with Crippen LogP contribution in [0.4, 0.5) is 4.79 Å². The summed E-state index contributed by atoms with van der Waals surface area (Å²) in [6.07, 6.45) is 0.455. The van der Waals surface area contributed by atoms with Gasteiger partial charge in [-0.05, 0) is 19.3 Å². The van der Waals surface area contributed by atoms with E-state index in [4.69, 9.17) is 5.73 Å². The van der Waals surface area contributed by atoms with E-state index in [-0.39, 0.29) is 6.61 Å². The minimum absolute atomic E-state index is 0.173. The van der Waals surface area contributed by atoms with Crippen LogP contribution in [0.25, 0.3) is 0 Å². The molecule has 0 rings (SSSR count). The lowest BCUT2D eigenvalue weighted by molar-refractivity contribution is -0.141. The van der Waals surface area contributed by atoms with E-state index >= 15 is 0 Å². The molecule has 0 aromatic heterocycles. The zero-order valence-corrected chi connectivity index (χ0v) is 9.49. The highest BCUT2D eigenvalue weighted by Crippen LogP contribution is 2.09. The van der Waals surface area contributed by atoms with Crippen molar-refractivity contribution >= 4 is 12.1 Å². The molecule has 5 nitrogen and oxygen atoms in total. The number of hydrogen-bond acceptors (Lipinski definition) is 5. The van der Waals surface area contributed by atoms with Crippen LogP contribution in [0.15, 0.2) is 0 Å². The van der Waals surface area contributed by atoms with Crippen LogP contribution in [0.3, 0.4) is 0 Å². The summed E-state index contributed by atoms with van der Waals surface area (Å²) in [5, 5.41) is 0. The Balaban J connectivity index is 3.93. The van der Waals surface area contributed by atoms with Crippen LogP contribution < -0.4 is 5.73 Å². The van der Waals surface area contributed by atoms with Gasteiger partial charge in [0.25, 0.3) is 0 Å². The third kappa shape index (κ3) is 6.06. The standard InChI is InChI=1S/C10H19NO4/c1-4-7(3)6-8(11)9(12)15-10(13)14-5-2/h7-8H,4-6,11H2,1-3H3. The molecule has 0 saturated carbocycles. The van der Waals surface area contributed by atoms with Gasteiger partial charge in [0.1, 0.15) is 6.04 Å². The van der Waals surface area contributed by atoms with Crippen LogP contribution >= 0.6 is 0 Å². The van der Waals surface area contributed by atoms with Crippen molar-refractivity contribution in [2.45, 2.75) is 39.7 Å². The maximum Gasteiger partial charge on any atom is 0.516 e. The van der Waals surface area contributed by atoms with Gasteiger partial charge in [-0.3, -0.25) is 0 Å². The smallest absolute Gasteiger partial charge is 0.434 e. The number of carbonyl (C=O) groups excluding carboxylic acids is 2. The Hall–Kier alpha value is -1.10. The average Bonchev–Trinajstić information content (AvgIpc) is 2.17. The normalized spacial score (nSPS) is 14.1. The highest BCUT2D eigenvalue weighted by atomic mass is 16.7. The molecule has 0 aliphatic carbocycles. The van der Waals surface area contributed by atoms with E-state index in [1.54, 1.807) is 6.92 Å². The number of ether oxygens (including phenoxy) is 2. The number of rotatable bonds is 5. The second-order valence-electron chi connectivity index (χ2n) is 3.46. The van der Waals surface area contributed by atoms with Gasteiger partial charge < -0.3 is 15.2 Å². The van der Waals surface area contributed by atoms with E-state index < -0.39 is 18.2 Å². The fourth-order valence-electron chi connectivity index (χ4n) is 1.00. The lowest BCUT2D eigenvalue weighted by Gasteiger charge is -2.13. The first kappa shape index (κ1) is 13.9. The molecule has 0 fully saturated rings. The quantitative estimate of drug-likeness (QED) is 0.557. The summed E-state index contributed by atoms with van der Waals surface area (Å²) in [5.74, 6) is -0.400. The zero-order valence-electron chi connectivity index (χ0n) is 9.49. The number of esters is 1. The molecular weight excluding hydrogens is 198 g/mol. The molecule has 0 amide bonds. The Labute approximate surface area is 89.9 Å². The van der Waals surface area contributed by atoms with Gasteiger partial charge in [0.05, 0.1) is 6.61 Å². The van der Waals surface area contributed by atoms with Gasteiger partial charge in [0.15, 0.2) is 0 Å². The zero-order chi connectivity index (χ0) is 11.8. The molecule has 2 atom stereocenters. The first-order valence-corrected chi connectivity index (χ1v) is 5.15. The first-order valence-electron chi connectivity index (χ1n) is 5.15. The van der Waals surface area contributed by atoms with Gasteiger partial charge in [-0.1, -0.05) is 20.3 Å². The fourth-order valence-corrected chi connectivity index (χ4v) is 1.00. The third-order valence-corrected chi connectivity index (χ3v) is 2.10. The van der Waals surface area contributed by atoms with Gasteiger partial charge in [-0.25, -0.2) is 9.59 Å². The van der Waals surface area contributed by atoms with E-state index in [0.717, 1.165) is 6.42 Å². The molecule has 5 heteroatoms.